The number of fused-ring (bicyclic) bond motifs is 1. The van der Waals surface area contributed by atoms with Crippen LogP contribution in [0.2, 0.25) is 0 Å². The van der Waals surface area contributed by atoms with Crippen molar-refractivity contribution in [2.45, 2.75) is 39.0 Å². The van der Waals surface area contributed by atoms with E-state index in [2.05, 4.69) is 10.3 Å². The summed E-state index contributed by atoms with van der Waals surface area (Å²) in [4.78, 5) is 18.9. The van der Waals surface area contributed by atoms with Gasteiger partial charge in [-0.1, -0.05) is 19.3 Å². The molecule has 3 rings (SSSR count). The summed E-state index contributed by atoms with van der Waals surface area (Å²) in [6.07, 6.45) is 8.29. The minimum Gasteiger partial charge on any atom is -0.384 e. The highest BCUT2D eigenvalue weighted by molar-refractivity contribution is 5.92. The second-order valence-electron chi connectivity index (χ2n) is 6.31. The van der Waals surface area contributed by atoms with E-state index in [0.29, 0.717) is 5.69 Å². The molecule has 0 spiro atoms. The molecule has 2 aliphatic rings. The van der Waals surface area contributed by atoms with E-state index >= 15 is 0 Å². The van der Waals surface area contributed by atoms with Crippen LogP contribution in [0.1, 0.15) is 49.5 Å². The number of anilines is 1. The van der Waals surface area contributed by atoms with Crippen LogP contribution in [0.3, 0.4) is 0 Å². The Bertz CT molecular complexity index is 485. The monoisotopic (exact) mass is 287 g/mol. The number of carbonyl (C=O) groups excluding carboxylic acids is 1. The third kappa shape index (κ3) is 3.20. The van der Waals surface area contributed by atoms with Crippen LogP contribution in [0.25, 0.3) is 0 Å². The van der Waals surface area contributed by atoms with E-state index in [0.717, 1.165) is 37.2 Å². The highest BCUT2D eigenvalue weighted by Gasteiger charge is 2.33. The van der Waals surface area contributed by atoms with Gasteiger partial charge in [0.05, 0.1) is 11.9 Å². The van der Waals surface area contributed by atoms with Gasteiger partial charge in [0.1, 0.15) is 5.69 Å². The maximum Gasteiger partial charge on any atom is 0.272 e. The van der Waals surface area contributed by atoms with E-state index in [9.17, 15) is 4.79 Å². The van der Waals surface area contributed by atoms with Gasteiger partial charge in [-0.25, -0.2) is 4.98 Å². The van der Waals surface area contributed by atoms with E-state index in [1.165, 1.54) is 32.1 Å². The zero-order valence-electron chi connectivity index (χ0n) is 12.8. The number of likely N-dealkylation sites (tertiary alicyclic amines) is 1. The van der Waals surface area contributed by atoms with Crippen molar-refractivity contribution in [3.05, 3.63) is 24.0 Å². The molecule has 2 fully saturated rings. The first kappa shape index (κ1) is 14.4. The summed E-state index contributed by atoms with van der Waals surface area (Å²) in [6, 6.07) is 3.78. The molecule has 1 aromatic heterocycles. The molecular formula is C17H25N3O. The lowest BCUT2D eigenvalue weighted by Gasteiger charge is -2.41. The first-order valence-corrected chi connectivity index (χ1v) is 8.27. The molecule has 4 nitrogen and oxygen atoms in total. The van der Waals surface area contributed by atoms with Crippen molar-refractivity contribution in [3.63, 3.8) is 0 Å². The van der Waals surface area contributed by atoms with Gasteiger partial charge in [0.15, 0.2) is 0 Å². The molecular weight excluding hydrogens is 262 g/mol. The molecule has 1 amide bonds. The number of carbonyl (C=O) groups is 1. The minimum atomic E-state index is 0.0991. The molecule has 2 atom stereocenters. The highest BCUT2D eigenvalue weighted by atomic mass is 16.2. The van der Waals surface area contributed by atoms with Gasteiger partial charge in [-0.05, 0) is 43.7 Å². The summed E-state index contributed by atoms with van der Waals surface area (Å²) >= 11 is 0. The van der Waals surface area contributed by atoms with Crippen LogP contribution in [0.4, 0.5) is 5.69 Å². The number of pyridine rings is 1. The average molecular weight is 287 g/mol. The Morgan fingerprint density at radius 1 is 1.29 bits per heavy atom. The Labute approximate surface area is 126 Å². The molecule has 0 bridgehead atoms. The fraction of sp³-hybridized carbons (Fsp3) is 0.647. The number of hydrogen-bond acceptors (Lipinski definition) is 3. The van der Waals surface area contributed by atoms with E-state index in [1.54, 1.807) is 6.20 Å². The van der Waals surface area contributed by atoms with Crippen LogP contribution in [0, 0.1) is 11.8 Å². The van der Waals surface area contributed by atoms with Gasteiger partial charge in [-0.3, -0.25) is 4.79 Å². The molecule has 1 aliphatic heterocycles. The van der Waals surface area contributed by atoms with E-state index in [-0.39, 0.29) is 5.91 Å². The zero-order chi connectivity index (χ0) is 14.7. The molecule has 21 heavy (non-hydrogen) atoms. The quantitative estimate of drug-likeness (QED) is 0.928. The van der Waals surface area contributed by atoms with Crippen molar-refractivity contribution in [2.24, 2.45) is 11.8 Å². The summed E-state index contributed by atoms with van der Waals surface area (Å²) in [5.41, 5.74) is 1.55. The molecule has 0 aromatic carbocycles. The molecule has 1 N–H and O–H groups in total. The van der Waals surface area contributed by atoms with Gasteiger partial charge in [0.2, 0.25) is 0 Å². The van der Waals surface area contributed by atoms with Crippen molar-refractivity contribution in [2.75, 3.05) is 25.0 Å². The lowest BCUT2D eigenvalue weighted by atomic mass is 9.75. The van der Waals surface area contributed by atoms with Crippen LogP contribution in [-0.2, 0) is 0 Å². The van der Waals surface area contributed by atoms with Gasteiger partial charge < -0.3 is 10.2 Å². The molecule has 1 aliphatic carbocycles. The van der Waals surface area contributed by atoms with Crippen molar-refractivity contribution in [3.8, 4) is 0 Å². The average Bonchev–Trinajstić information content (AvgIpc) is 2.55. The normalized spacial score (nSPS) is 25.3. The number of rotatable bonds is 3. The third-order valence-electron chi connectivity index (χ3n) is 4.94. The Hall–Kier alpha value is -1.58. The number of piperidine rings is 1. The molecule has 1 aromatic rings. The lowest BCUT2D eigenvalue weighted by molar-refractivity contribution is 0.0515. The second-order valence-corrected chi connectivity index (χ2v) is 6.31. The van der Waals surface area contributed by atoms with E-state index in [1.807, 2.05) is 24.0 Å². The van der Waals surface area contributed by atoms with Crippen LogP contribution in [0.5, 0.6) is 0 Å². The smallest absolute Gasteiger partial charge is 0.272 e. The molecule has 1 saturated carbocycles. The third-order valence-corrected chi connectivity index (χ3v) is 4.94. The Kier molecular flexibility index (Phi) is 4.42. The molecule has 0 radical (unpaired) electrons. The molecule has 4 heteroatoms. The van der Waals surface area contributed by atoms with Crippen LogP contribution < -0.4 is 5.32 Å². The molecule has 2 unspecified atom stereocenters. The van der Waals surface area contributed by atoms with Gasteiger partial charge >= 0.3 is 0 Å². The Balaban J connectivity index is 1.64. The largest absolute Gasteiger partial charge is 0.384 e. The predicted octanol–water partition coefficient (Wildman–Crippen LogP) is 3.17. The van der Waals surface area contributed by atoms with Crippen LogP contribution >= 0.6 is 0 Å². The van der Waals surface area contributed by atoms with Gasteiger partial charge in [-0.15, -0.1) is 0 Å². The van der Waals surface area contributed by atoms with E-state index < -0.39 is 0 Å². The Morgan fingerprint density at radius 2 is 2.10 bits per heavy atom. The van der Waals surface area contributed by atoms with Crippen LogP contribution in [-0.4, -0.2) is 35.4 Å². The van der Waals surface area contributed by atoms with Crippen molar-refractivity contribution in [1.82, 2.24) is 9.88 Å². The number of hydrogen-bond donors (Lipinski definition) is 1. The molecule has 114 valence electrons. The predicted molar refractivity (Wildman–Crippen MR) is 84.4 cm³/mol. The lowest BCUT2D eigenvalue weighted by Crippen LogP contribution is -2.45. The van der Waals surface area contributed by atoms with Crippen molar-refractivity contribution >= 4 is 11.6 Å². The van der Waals surface area contributed by atoms with Gasteiger partial charge in [0, 0.05) is 19.6 Å². The van der Waals surface area contributed by atoms with Gasteiger partial charge in [-0.2, -0.15) is 0 Å². The Morgan fingerprint density at radius 3 is 2.81 bits per heavy atom. The molecule has 2 heterocycles. The summed E-state index contributed by atoms with van der Waals surface area (Å²) in [5.74, 6) is 1.67. The number of nitrogens with one attached hydrogen (secondary N) is 1. The SMILES string of the molecule is CCNc1ccc(C(=O)N2CCC3CCCCC3C2)nc1. The highest BCUT2D eigenvalue weighted by Crippen LogP contribution is 2.36. The number of aromatic nitrogens is 1. The fourth-order valence-electron chi connectivity index (χ4n) is 3.78. The standard InChI is InChI=1S/C17H25N3O/c1-2-18-15-7-8-16(19-11-15)17(21)20-10-9-13-5-3-4-6-14(13)12-20/h7-8,11,13-14,18H,2-6,9-10,12H2,1H3. The zero-order valence-corrected chi connectivity index (χ0v) is 12.8. The van der Waals surface area contributed by atoms with Gasteiger partial charge in [0.25, 0.3) is 5.91 Å². The summed E-state index contributed by atoms with van der Waals surface area (Å²) < 4.78 is 0. The maximum atomic E-state index is 12.6. The fourth-order valence-corrected chi connectivity index (χ4v) is 3.78. The minimum absolute atomic E-state index is 0.0991. The molecule has 1 saturated heterocycles. The summed E-state index contributed by atoms with van der Waals surface area (Å²) in [7, 11) is 0. The maximum absolute atomic E-state index is 12.6. The van der Waals surface area contributed by atoms with Crippen molar-refractivity contribution < 1.29 is 4.79 Å². The first-order valence-electron chi connectivity index (χ1n) is 8.27. The summed E-state index contributed by atoms with van der Waals surface area (Å²) in [5, 5.41) is 3.20. The van der Waals surface area contributed by atoms with E-state index in [4.69, 9.17) is 0 Å². The topological polar surface area (TPSA) is 45.2 Å². The van der Waals surface area contributed by atoms with Crippen molar-refractivity contribution in [1.29, 1.82) is 0 Å². The summed E-state index contributed by atoms with van der Waals surface area (Å²) in [6.45, 7) is 4.74. The number of amides is 1. The first-order chi connectivity index (χ1) is 10.3. The second kappa shape index (κ2) is 6.46. The van der Waals surface area contributed by atoms with Crippen LogP contribution in [0.15, 0.2) is 18.3 Å². The number of nitrogens with zero attached hydrogens (tertiary/aromatic N) is 2.